The first-order chi connectivity index (χ1) is 15.1. The smallest absolute Gasteiger partial charge is 0.418 e. The molecule has 1 amide bonds. The van der Waals surface area contributed by atoms with E-state index < -0.39 is 34.7 Å². The fraction of sp³-hybridized carbons (Fsp3) is 0.182. The van der Waals surface area contributed by atoms with Crippen molar-refractivity contribution in [1.29, 1.82) is 0 Å². The van der Waals surface area contributed by atoms with E-state index in [1.54, 1.807) is 12.1 Å². The highest BCUT2D eigenvalue weighted by Gasteiger charge is 2.34. The normalized spacial score (nSPS) is 11.2. The molecule has 0 atom stereocenters. The highest BCUT2D eigenvalue weighted by Crippen LogP contribution is 2.33. The van der Waals surface area contributed by atoms with Crippen LogP contribution >= 0.6 is 0 Å². The highest BCUT2D eigenvalue weighted by atomic mass is 19.4. The summed E-state index contributed by atoms with van der Waals surface area (Å²) in [6, 6.07) is 12.0. The number of alkyl halides is 3. The lowest BCUT2D eigenvalue weighted by Crippen LogP contribution is -2.32. The zero-order valence-corrected chi connectivity index (χ0v) is 17.1. The number of hydrogen-bond donors (Lipinski definition) is 1. The monoisotopic (exact) mass is 445 g/mol. The minimum Gasteiger partial charge on any atom is -0.465 e. The molecule has 32 heavy (non-hydrogen) atoms. The van der Waals surface area contributed by atoms with Crippen molar-refractivity contribution in [2.45, 2.75) is 19.6 Å². The predicted molar refractivity (Wildman–Crippen MR) is 109 cm³/mol. The van der Waals surface area contributed by atoms with Crippen molar-refractivity contribution in [3.63, 3.8) is 0 Å². The highest BCUT2D eigenvalue weighted by molar-refractivity contribution is 5.92. The summed E-state index contributed by atoms with van der Waals surface area (Å²) in [4.78, 5) is 36.3. The maximum atomic E-state index is 13.4. The van der Waals surface area contributed by atoms with Gasteiger partial charge in [-0.3, -0.25) is 9.59 Å². The molecule has 0 bridgehead atoms. The van der Waals surface area contributed by atoms with Gasteiger partial charge in [0.2, 0.25) is 5.43 Å². The Hall–Kier alpha value is -3.95. The van der Waals surface area contributed by atoms with Crippen molar-refractivity contribution < 1.29 is 27.5 Å². The fourth-order valence-corrected chi connectivity index (χ4v) is 2.99. The van der Waals surface area contributed by atoms with Gasteiger partial charge in [-0.15, -0.1) is 0 Å². The third-order valence-corrected chi connectivity index (χ3v) is 4.59. The Kier molecular flexibility index (Phi) is 6.42. The minimum absolute atomic E-state index is 0.00835. The van der Waals surface area contributed by atoms with Gasteiger partial charge in [0.15, 0.2) is 5.69 Å². The van der Waals surface area contributed by atoms with Crippen molar-refractivity contribution in [2.75, 3.05) is 7.11 Å². The standard InChI is InChI=1S/C22H18F3N3O4/c1-13-11-18(29)19(27-28(13)17-6-4-3-5-16(17)22(23,24)25)20(30)26-12-14-7-9-15(10-8-14)21(31)32-2/h3-11H,12H2,1-2H3,(H,26,30). The third kappa shape index (κ3) is 4.85. The summed E-state index contributed by atoms with van der Waals surface area (Å²) in [5.74, 6) is -1.35. The van der Waals surface area contributed by atoms with Crippen molar-refractivity contribution in [1.82, 2.24) is 15.1 Å². The maximum Gasteiger partial charge on any atom is 0.418 e. The number of benzene rings is 2. The largest absolute Gasteiger partial charge is 0.465 e. The summed E-state index contributed by atoms with van der Waals surface area (Å²) in [5.41, 5.74) is -1.42. The van der Waals surface area contributed by atoms with Gasteiger partial charge in [-0.25, -0.2) is 9.48 Å². The molecule has 0 radical (unpaired) electrons. The molecule has 3 aromatic rings. The molecule has 166 valence electrons. The van der Waals surface area contributed by atoms with E-state index in [-0.39, 0.29) is 17.9 Å². The number of amides is 1. The Morgan fingerprint density at radius 2 is 1.75 bits per heavy atom. The average molecular weight is 445 g/mol. The Morgan fingerprint density at radius 3 is 2.38 bits per heavy atom. The van der Waals surface area contributed by atoms with E-state index in [4.69, 9.17) is 0 Å². The van der Waals surface area contributed by atoms with Gasteiger partial charge < -0.3 is 10.1 Å². The van der Waals surface area contributed by atoms with Crippen LogP contribution in [0.1, 0.15) is 37.7 Å². The molecule has 0 aliphatic rings. The molecular weight excluding hydrogens is 427 g/mol. The molecule has 0 aliphatic heterocycles. The molecule has 1 heterocycles. The third-order valence-electron chi connectivity index (χ3n) is 4.59. The lowest BCUT2D eigenvalue weighted by Gasteiger charge is -2.16. The number of carbonyl (C=O) groups excluding carboxylic acids is 2. The van der Waals surface area contributed by atoms with Gasteiger partial charge in [0, 0.05) is 18.3 Å². The number of halogens is 3. The number of rotatable bonds is 5. The Balaban J connectivity index is 1.87. The van der Waals surface area contributed by atoms with E-state index in [1.807, 2.05) is 0 Å². The summed E-state index contributed by atoms with van der Waals surface area (Å²) in [7, 11) is 1.25. The number of methoxy groups -OCH3 is 1. The van der Waals surface area contributed by atoms with Crippen LogP contribution in [0.15, 0.2) is 59.4 Å². The molecule has 1 aromatic heterocycles. The Morgan fingerprint density at radius 1 is 1.09 bits per heavy atom. The van der Waals surface area contributed by atoms with Crippen molar-refractivity contribution >= 4 is 11.9 Å². The van der Waals surface area contributed by atoms with Gasteiger partial charge in [0.25, 0.3) is 5.91 Å². The zero-order chi connectivity index (χ0) is 23.5. The quantitative estimate of drug-likeness (QED) is 0.609. The van der Waals surface area contributed by atoms with Crippen molar-refractivity contribution in [3.8, 4) is 5.69 Å². The molecule has 0 unspecified atom stereocenters. The number of aryl methyl sites for hydroxylation is 1. The van der Waals surface area contributed by atoms with Gasteiger partial charge >= 0.3 is 12.1 Å². The van der Waals surface area contributed by atoms with E-state index in [1.165, 1.54) is 44.4 Å². The molecule has 0 aliphatic carbocycles. The van der Waals surface area contributed by atoms with Crippen LogP contribution in [0.25, 0.3) is 5.69 Å². The molecule has 0 fully saturated rings. The number of hydrogen-bond acceptors (Lipinski definition) is 5. The zero-order valence-electron chi connectivity index (χ0n) is 17.1. The van der Waals surface area contributed by atoms with Crippen molar-refractivity contribution in [2.24, 2.45) is 0 Å². The fourth-order valence-electron chi connectivity index (χ4n) is 2.99. The number of carbonyl (C=O) groups is 2. The maximum absolute atomic E-state index is 13.4. The van der Waals surface area contributed by atoms with Crippen LogP contribution in [0.4, 0.5) is 13.2 Å². The van der Waals surface area contributed by atoms with Gasteiger partial charge in [0.05, 0.1) is 23.9 Å². The second kappa shape index (κ2) is 9.04. The van der Waals surface area contributed by atoms with Crippen LogP contribution in [0.5, 0.6) is 0 Å². The van der Waals surface area contributed by atoms with Crippen LogP contribution in [0.2, 0.25) is 0 Å². The van der Waals surface area contributed by atoms with Crippen LogP contribution in [0.3, 0.4) is 0 Å². The number of esters is 1. The number of aromatic nitrogens is 2. The van der Waals surface area contributed by atoms with Gasteiger partial charge in [0.1, 0.15) is 0 Å². The number of nitrogens with zero attached hydrogens (tertiary/aromatic N) is 2. The molecule has 0 saturated heterocycles. The summed E-state index contributed by atoms with van der Waals surface area (Å²) in [6.45, 7) is 1.43. The number of ether oxygens (including phenoxy) is 1. The van der Waals surface area contributed by atoms with E-state index in [0.717, 1.165) is 16.8 Å². The molecule has 0 spiro atoms. The minimum atomic E-state index is -4.65. The van der Waals surface area contributed by atoms with E-state index >= 15 is 0 Å². The van der Waals surface area contributed by atoms with Crippen LogP contribution < -0.4 is 10.7 Å². The Bertz CT molecular complexity index is 1220. The topological polar surface area (TPSA) is 90.3 Å². The number of para-hydroxylation sites is 1. The molecular formula is C22H18F3N3O4. The molecule has 3 rings (SSSR count). The van der Waals surface area contributed by atoms with Crippen molar-refractivity contribution in [3.05, 3.63) is 92.9 Å². The molecule has 1 N–H and O–H groups in total. The van der Waals surface area contributed by atoms with Crippen LogP contribution in [-0.2, 0) is 17.5 Å². The summed E-state index contributed by atoms with van der Waals surface area (Å²) >= 11 is 0. The predicted octanol–water partition coefficient (Wildman–Crippen LogP) is 3.28. The molecule has 0 saturated carbocycles. The summed E-state index contributed by atoms with van der Waals surface area (Å²) in [5, 5.41) is 6.42. The van der Waals surface area contributed by atoms with Crippen LogP contribution in [0, 0.1) is 6.92 Å². The lowest BCUT2D eigenvalue weighted by atomic mass is 10.1. The second-order valence-electron chi connectivity index (χ2n) is 6.80. The number of nitrogens with one attached hydrogen (secondary N) is 1. The Labute approximate surface area is 180 Å². The molecule has 7 nitrogen and oxygen atoms in total. The lowest BCUT2D eigenvalue weighted by molar-refractivity contribution is -0.137. The summed E-state index contributed by atoms with van der Waals surface area (Å²) in [6.07, 6.45) is -4.65. The SMILES string of the molecule is COC(=O)c1ccc(CNC(=O)c2nn(-c3ccccc3C(F)(F)F)c(C)cc2=O)cc1. The second-order valence-corrected chi connectivity index (χ2v) is 6.80. The molecule has 2 aromatic carbocycles. The first-order valence-corrected chi connectivity index (χ1v) is 9.35. The van der Waals surface area contributed by atoms with Gasteiger partial charge in [-0.1, -0.05) is 24.3 Å². The first-order valence-electron chi connectivity index (χ1n) is 9.35. The first kappa shape index (κ1) is 22.7. The van der Waals surface area contributed by atoms with Crippen LogP contribution in [-0.4, -0.2) is 28.8 Å². The van der Waals surface area contributed by atoms with Gasteiger partial charge in [-0.05, 0) is 36.8 Å². The summed E-state index contributed by atoms with van der Waals surface area (Å²) < 4.78 is 45.7. The van der Waals surface area contributed by atoms with E-state index in [9.17, 15) is 27.6 Å². The van der Waals surface area contributed by atoms with Gasteiger partial charge in [-0.2, -0.15) is 18.3 Å². The van der Waals surface area contributed by atoms with E-state index in [0.29, 0.717) is 11.1 Å². The average Bonchev–Trinajstić information content (AvgIpc) is 2.77. The molecule has 10 heteroatoms. The van der Waals surface area contributed by atoms with E-state index in [2.05, 4.69) is 15.2 Å².